The van der Waals surface area contributed by atoms with Crippen molar-refractivity contribution in [3.05, 3.63) is 29.3 Å². The molecule has 1 rings (SSSR count). The van der Waals surface area contributed by atoms with Crippen molar-refractivity contribution in [1.82, 2.24) is 5.32 Å². The van der Waals surface area contributed by atoms with Crippen LogP contribution in [0.3, 0.4) is 0 Å². The minimum absolute atomic E-state index is 0.506. The molecule has 0 bridgehead atoms. The van der Waals surface area contributed by atoms with Crippen molar-refractivity contribution in [2.24, 2.45) is 0 Å². The number of nitrogens with one attached hydrogen (secondary N) is 2. The summed E-state index contributed by atoms with van der Waals surface area (Å²) in [7, 11) is 0. The van der Waals surface area contributed by atoms with Gasteiger partial charge in [-0.2, -0.15) is 13.2 Å². The fraction of sp³-hybridized carbons (Fsp3) is 0.333. The van der Waals surface area contributed by atoms with Crippen LogP contribution in [0.5, 0.6) is 0 Å². The lowest BCUT2D eigenvalue weighted by molar-refractivity contribution is -0.173. The second kappa shape index (κ2) is 5.73. The number of amides is 2. The Morgan fingerprint density at radius 1 is 1.21 bits per heavy atom. The Balaban J connectivity index is 2.57. The highest BCUT2D eigenvalue weighted by atomic mass is 19.4. The van der Waals surface area contributed by atoms with Crippen LogP contribution >= 0.6 is 0 Å². The standard InChI is InChI=1S/C12H13F3N2O2/c1-7-3-4-8(2)9(5-7)17-10(18)6-16-11(19)12(13,14)15/h3-5H,6H2,1-2H3,(H,16,19)(H,17,18). The highest BCUT2D eigenvalue weighted by molar-refractivity contribution is 5.95. The first-order chi connectivity index (χ1) is 8.70. The van der Waals surface area contributed by atoms with Crippen LogP contribution in [0.1, 0.15) is 11.1 Å². The third-order valence-corrected chi connectivity index (χ3v) is 2.33. The molecule has 0 aliphatic heterocycles. The summed E-state index contributed by atoms with van der Waals surface area (Å²) in [5.74, 6) is -2.85. The van der Waals surface area contributed by atoms with Gasteiger partial charge < -0.3 is 10.6 Å². The van der Waals surface area contributed by atoms with E-state index in [9.17, 15) is 22.8 Å². The summed E-state index contributed by atoms with van der Waals surface area (Å²) in [6.07, 6.45) is -4.99. The number of carbonyl (C=O) groups is 2. The largest absolute Gasteiger partial charge is 0.471 e. The highest BCUT2D eigenvalue weighted by Crippen LogP contribution is 2.16. The number of rotatable bonds is 3. The number of anilines is 1. The number of carbonyl (C=O) groups excluding carboxylic acids is 2. The summed E-state index contributed by atoms with van der Waals surface area (Å²) in [6.45, 7) is 2.84. The molecule has 1 aromatic carbocycles. The van der Waals surface area contributed by atoms with Gasteiger partial charge in [0.05, 0.1) is 6.54 Å². The molecule has 0 spiro atoms. The smallest absolute Gasteiger partial charge is 0.339 e. The Morgan fingerprint density at radius 2 is 1.84 bits per heavy atom. The Hall–Kier alpha value is -2.05. The number of alkyl halides is 3. The van der Waals surface area contributed by atoms with Gasteiger partial charge in [-0.05, 0) is 31.0 Å². The van der Waals surface area contributed by atoms with Gasteiger partial charge in [-0.3, -0.25) is 9.59 Å². The molecule has 104 valence electrons. The zero-order chi connectivity index (χ0) is 14.6. The average Bonchev–Trinajstić information content (AvgIpc) is 2.29. The molecule has 0 saturated carbocycles. The molecule has 4 nitrogen and oxygen atoms in total. The summed E-state index contributed by atoms with van der Waals surface area (Å²) in [4.78, 5) is 21.9. The molecule has 19 heavy (non-hydrogen) atoms. The summed E-state index contributed by atoms with van der Waals surface area (Å²) in [6, 6.07) is 5.31. The van der Waals surface area contributed by atoms with Crippen molar-refractivity contribution < 1.29 is 22.8 Å². The Labute approximate surface area is 108 Å². The maximum Gasteiger partial charge on any atom is 0.471 e. The van der Waals surface area contributed by atoms with Crippen molar-refractivity contribution in [3.8, 4) is 0 Å². The third kappa shape index (κ3) is 4.61. The molecule has 0 aliphatic carbocycles. The van der Waals surface area contributed by atoms with Crippen LogP contribution in [0.2, 0.25) is 0 Å². The lowest BCUT2D eigenvalue weighted by atomic mass is 10.1. The van der Waals surface area contributed by atoms with Crippen LogP contribution in [0.25, 0.3) is 0 Å². The van der Waals surface area contributed by atoms with E-state index in [0.29, 0.717) is 5.69 Å². The second-order valence-electron chi connectivity index (χ2n) is 4.05. The van der Waals surface area contributed by atoms with Gasteiger partial charge in [-0.15, -0.1) is 0 Å². The first-order valence-corrected chi connectivity index (χ1v) is 5.42. The minimum Gasteiger partial charge on any atom is -0.339 e. The first-order valence-electron chi connectivity index (χ1n) is 5.42. The Morgan fingerprint density at radius 3 is 2.42 bits per heavy atom. The predicted molar refractivity (Wildman–Crippen MR) is 63.6 cm³/mol. The number of hydrogen-bond donors (Lipinski definition) is 2. The predicted octanol–water partition coefficient (Wildman–Crippen LogP) is 1.92. The molecule has 0 fully saturated rings. The Bertz CT molecular complexity index is 498. The molecular formula is C12H13F3N2O2. The molecule has 0 saturated heterocycles. The van der Waals surface area contributed by atoms with Gasteiger partial charge in [0.2, 0.25) is 5.91 Å². The molecular weight excluding hydrogens is 261 g/mol. The third-order valence-electron chi connectivity index (χ3n) is 2.33. The molecule has 0 atom stereocenters. The van der Waals surface area contributed by atoms with Gasteiger partial charge in [-0.25, -0.2) is 0 Å². The fourth-order valence-electron chi connectivity index (χ4n) is 1.33. The molecule has 0 unspecified atom stereocenters. The van der Waals surface area contributed by atoms with E-state index in [-0.39, 0.29) is 0 Å². The monoisotopic (exact) mass is 274 g/mol. The lowest BCUT2D eigenvalue weighted by Crippen LogP contribution is -2.41. The summed E-state index contributed by atoms with van der Waals surface area (Å²) >= 11 is 0. The molecule has 1 aromatic rings. The van der Waals surface area contributed by atoms with Crippen molar-refractivity contribution in [1.29, 1.82) is 0 Å². The van der Waals surface area contributed by atoms with E-state index in [4.69, 9.17) is 0 Å². The van der Waals surface area contributed by atoms with E-state index in [0.717, 1.165) is 11.1 Å². The second-order valence-corrected chi connectivity index (χ2v) is 4.05. The number of hydrogen-bond acceptors (Lipinski definition) is 2. The van der Waals surface area contributed by atoms with Crippen LogP contribution in [0.4, 0.5) is 18.9 Å². The van der Waals surface area contributed by atoms with Crippen molar-refractivity contribution in [3.63, 3.8) is 0 Å². The molecule has 0 aliphatic rings. The van der Waals surface area contributed by atoms with E-state index in [2.05, 4.69) is 5.32 Å². The van der Waals surface area contributed by atoms with Gasteiger partial charge in [0.15, 0.2) is 0 Å². The molecule has 0 radical (unpaired) electrons. The minimum atomic E-state index is -4.99. The molecule has 2 N–H and O–H groups in total. The maximum atomic E-state index is 11.9. The lowest BCUT2D eigenvalue weighted by Gasteiger charge is -2.10. The van der Waals surface area contributed by atoms with Crippen LogP contribution in [-0.2, 0) is 9.59 Å². The van der Waals surface area contributed by atoms with E-state index < -0.39 is 24.5 Å². The van der Waals surface area contributed by atoms with Crippen molar-refractivity contribution >= 4 is 17.5 Å². The van der Waals surface area contributed by atoms with Crippen LogP contribution < -0.4 is 10.6 Å². The number of aryl methyl sites for hydroxylation is 2. The first kappa shape index (κ1) is 15.0. The molecule has 0 heterocycles. The topological polar surface area (TPSA) is 58.2 Å². The van der Waals surface area contributed by atoms with Crippen LogP contribution in [0, 0.1) is 13.8 Å². The average molecular weight is 274 g/mol. The SMILES string of the molecule is Cc1ccc(C)c(NC(=O)CNC(=O)C(F)(F)F)c1. The molecule has 0 aromatic heterocycles. The number of halogens is 3. The van der Waals surface area contributed by atoms with Crippen LogP contribution in [0.15, 0.2) is 18.2 Å². The quantitative estimate of drug-likeness (QED) is 0.884. The van der Waals surface area contributed by atoms with Crippen molar-refractivity contribution in [2.75, 3.05) is 11.9 Å². The zero-order valence-electron chi connectivity index (χ0n) is 10.4. The maximum absolute atomic E-state index is 11.9. The van der Waals surface area contributed by atoms with Crippen LogP contribution in [-0.4, -0.2) is 24.5 Å². The van der Waals surface area contributed by atoms with Gasteiger partial charge in [0.25, 0.3) is 0 Å². The van der Waals surface area contributed by atoms with E-state index in [1.807, 2.05) is 13.0 Å². The van der Waals surface area contributed by atoms with Crippen molar-refractivity contribution in [2.45, 2.75) is 20.0 Å². The normalized spacial score (nSPS) is 11.0. The molecule has 7 heteroatoms. The summed E-state index contributed by atoms with van der Waals surface area (Å²) < 4.78 is 35.7. The van der Waals surface area contributed by atoms with Gasteiger partial charge in [0.1, 0.15) is 0 Å². The van der Waals surface area contributed by atoms with Gasteiger partial charge in [-0.1, -0.05) is 12.1 Å². The van der Waals surface area contributed by atoms with E-state index in [1.54, 1.807) is 19.1 Å². The van der Waals surface area contributed by atoms with Gasteiger partial charge in [0, 0.05) is 5.69 Å². The zero-order valence-corrected chi connectivity index (χ0v) is 10.4. The van der Waals surface area contributed by atoms with E-state index in [1.165, 1.54) is 5.32 Å². The van der Waals surface area contributed by atoms with E-state index >= 15 is 0 Å². The summed E-state index contributed by atoms with van der Waals surface area (Å²) in [5, 5.41) is 3.94. The Kier molecular flexibility index (Phi) is 4.52. The van der Waals surface area contributed by atoms with Gasteiger partial charge >= 0.3 is 12.1 Å². The molecule has 2 amide bonds. The summed E-state index contributed by atoms with van der Waals surface area (Å²) in [5.41, 5.74) is 2.19. The number of benzene rings is 1. The fourth-order valence-corrected chi connectivity index (χ4v) is 1.33. The highest BCUT2D eigenvalue weighted by Gasteiger charge is 2.38.